The predicted octanol–water partition coefficient (Wildman–Crippen LogP) is 7.51. The quantitative estimate of drug-likeness (QED) is 0.241. The SMILES string of the molecule is CC.COc1ccc(-c2nc(C(=O)NCc3ccc(F)cc3F)c(-c3ccccc3)s2)cc1OCC1CC1. The number of carbonyl (C=O) groups is 1. The summed E-state index contributed by atoms with van der Waals surface area (Å²) in [4.78, 5) is 18.5. The second kappa shape index (κ2) is 12.6. The summed E-state index contributed by atoms with van der Waals surface area (Å²) in [6.07, 6.45) is 2.35. The summed E-state index contributed by atoms with van der Waals surface area (Å²) in [5, 5.41) is 3.36. The zero-order chi connectivity index (χ0) is 27.1. The molecule has 5 nitrogen and oxygen atoms in total. The largest absolute Gasteiger partial charge is 0.493 e. The van der Waals surface area contributed by atoms with Crippen molar-refractivity contribution in [3.05, 3.63) is 89.6 Å². The van der Waals surface area contributed by atoms with Gasteiger partial charge < -0.3 is 14.8 Å². The van der Waals surface area contributed by atoms with Gasteiger partial charge in [0.15, 0.2) is 11.5 Å². The van der Waals surface area contributed by atoms with Gasteiger partial charge >= 0.3 is 0 Å². The Morgan fingerprint density at radius 2 is 1.76 bits per heavy atom. The maximum absolute atomic E-state index is 14.1. The van der Waals surface area contributed by atoms with Crippen LogP contribution in [0.2, 0.25) is 0 Å². The number of nitrogens with one attached hydrogen (secondary N) is 1. The van der Waals surface area contributed by atoms with E-state index >= 15 is 0 Å². The molecule has 1 aromatic heterocycles. The molecule has 4 aromatic rings. The molecule has 1 N–H and O–H groups in total. The van der Waals surface area contributed by atoms with Gasteiger partial charge in [0, 0.05) is 23.7 Å². The van der Waals surface area contributed by atoms with Crippen LogP contribution in [0.25, 0.3) is 21.0 Å². The number of rotatable bonds is 9. The minimum atomic E-state index is -0.713. The number of hydrogen-bond acceptors (Lipinski definition) is 5. The Morgan fingerprint density at radius 1 is 1.00 bits per heavy atom. The lowest BCUT2D eigenvalue weighted by Gasteiger charge is -2.11. The van der Waals surface area contributed by atoms with Crippen LogP contribution >= 0.6 is 11.3 Å². The van der Waals surface area contributed by atoms with Crippen molar-refractivity contribution in [3.8, 4) is 32.5 Å². The standard InChI is InChI=1S/C28H24F2N2O3S.C2H6/c1-34-23-12-10-19(13-24(23)35-16-17-7-8-17)28-32-25(26(36-28)18-5-3-2-4-6-18)27(33)31-15-20-9-11-21(29)14-22(20)30;1-2/h2-6,9-14,17H,7-8,15-16H2,1H3,(H,31,33);1-2H3. The highest BCUT2D eigenvalue weighted by Gasteiger charge is 2.24. The number of amides is 1. The van der Waals surface area contributed by atoms with Crippen molar-refractivity contribution in [1.29, 1.82) is 0 Å². The van der Waals surface area contributed by atoms with Gasteiger partial charge in [-0.1, -0.05) is 50.2 Å². The fraction of sp³-hybridized carbons (Fsp3) is 0.267. The third-order valence-electron chi connectivity index (χ3n) is 5.91. The van der Waals surface area contributed by atoms with Crippen LogP contribution in [0.15, 0.2) is 66.7 Å². The zero-order valence-corrected chi connectivity index (χ0v) is 22.4. The first-order chi connectivity index (χ1) is 18.5. The molecule has 198 valence electrons. The summed E-state index contributed by atoms with van der Waals surface area (Å²) >= 11 is 1.39. The van der Waals surface area contributed by atoms with Gasteiger partial charge in [-0.15, -0.1) is 11.3 Å². The molecule has 1 amide bonds. The average molecular weight is 537 g/mol. The molecule has 1 aliphatic rings. The first-order valence-corrected chi connectivity index (χ1v) is 13.4. The highest BCUT2D eigenvalue weighted by molar-refractivity contribution is 7.18. The monoisotopic (exact) mass is 536 g/mol. The number of ether oxygens (including phenoxy) is 2. The molecule has 38 heavy (non-hydrogen) atoms. The zero-order valence-electron chi connectivity index (χ0n) is 21.6. The van der Waals surface area contributed by atoms with Crippen LogP contribution in [-0.4, -0.2) is 24.6 Å². The van der Waals surface area contributed by atoms with E-state index in [1.54, 1.807) is 7.11 Å². The lowest BCUT2D eigenvalue weighted by molar-refractivity contribution is 0.0947. The molecule has 0 spiro atoms. The molecule has 0 radical (unpaired) electrons. The topological polar surface area (TPSA) is 60.5 Å². The van der Waals surface area contributed by atoms with Crippen molar-refractivity contribution in [2.24, 2.45) is 5.92 Å². The summed E-state index contributed by atoms with van der Waals surface area (Å²) in [7, 11) is 1.60. The molecule has 3 aromatic carbocycles. The van der Waals surface area contributed by atoms with Gasteiger partial charge in [-0.25, -0.2) is 13.8 Å². The molecule has 8 heteroatoms. The van der Waals surface area contributed by atoms with Crippen LogP contribution in [0, 0.1) is 17.6 Å². The Bertz CT molecular complexity index is 1390. The van der Waals surface area contributed by atoms with Crippen molar-refractivity contribution in [2.45, 2.75) is 33.2 Å². The number of methoxy groups -OCH3 is 1. The van der Waals surface area contributed by atoms with Crippen molar-refractivity contribution in [1.82, 2.24) is 10.3 Å². The van der Waals surface area contributed by atoms with E-state index in [1.807, 2.05) is 62.4 Å². The van der Waals surface area contributed by atoms with Crippen LogP contribution in [0.3, 0.4) is 0 Å². The van der Waals surface area contributed by atoms with E-state index in [9.17, 15) is 13.6 Å². The summed E-state index contributed by atoms with van der Waals surface area (Å²) < 4.78 is 38.7. The van der Waals surface area contributed by atoms with Gasteiger partial charge in [-0.3, -0.25) is 4.79 Å². The summed E-state index contributed by atoms with van der Waals surface area (Å²) in [5.41, 5.74) is 2.07. The van der Waals surface area contributed by atoms with Crippen LogP contribution in [0.4, 0.5) is 8.78 Å². The minimum Gasteiger partial charge on any atom is -0.493 e. The fourth-order valence-electron chi connectivity index (χ4n) is 3.72. The minimum absolute atomic E-state index is 0.0896. The number of halogens is 2. The van der Waals surface area contributed by atoms with E-state index in [0.29, 0.717) is 33.9 Å². The van der Waals surface area contributed by atoms with Gasteiger partial charge in [0.2, 0.25) is 0 Å². The fourth-order valence-corrected chi connectivity index (χ4v) is 4.79. The molecule has 0 bridgehead atoms. The smallest absolute Gasteiger partial charge is 0.271 e. The van der Waals surface area contributed by atoms with Crippen molar-refractivity contribution in [3.63, 3.8) is 0 Å². The Hall–Kier alpha value is -3.78. The first kappa shape index (κ1) is 27.3. The molecule has 1 saturated carbocycles. The Morgan fingerprint density at radius 3 is 2.45 bits per heavy atom. The number of thiazole rings is 1. The van der Waals surface area contributed by atoms with E-state index in [2.05, 4.69) is 10.3 Å². The molecule has 1 aliphatic carbocycles. The van der Waals surface area contributed by atoms with E-state index in [0.717, 1.165) is 23.3 Å². The third-order valence-corrected chi connectivity index (χ3v) is 7.07. The lowest BCUT2D eigenvalue weighted by atomic mass is 10.1. The van der Waals surface area contributed by atoms with E-state index in [4.69, 9.17) is 9.47 Å². The Labute approximate surface area is 225 Å². The van der Waals surface area contributed by atoms with Crippen LogP contribution in [0.1, 0.15) is 42.7 Å². The summed E-state index contributed by atoms with van der Waals surface area (Å²) in [6.45, 7) is 4.55. The van der Waals surface area contributed by atoms with Crippen molar-refractivity contribution >= 4 is 17.2 Å². The van der Waals surface area contributed by atoms with Crippen LogP contribution in [0.5, 0.6) is 11.5 Å². The number of carbonyl (C=O) groups excluding carboxylic acids is 1. The van der Waals surface area contributed by atoms with Gasteiger partial charge in [-0.05, 0) is 48.6 Å². The van der Waals surface area contributed by atoms with E-state index in [-0.39, 0.29) is 17.8 Å². The predicted molar refractivity (Wildman–Crippen MR) is 147 cm³/mol. The van der Waals surface area contributed by atoms with E-state index < -0.39 is 17.5 Å². The van der Waals surface area contributed by atoms with Gasteiger partial charge in [0.1, 0.15) is 22.3 Å². The maximum Gasteiger partial charge on any atom is 0.271 e. The molecular formula is C30H30F2N2O3S. The summed E-state index contributed by atoms with van der Waals surface area (Å²) in [5.74, 6) is 0.0326. The number of hydrogen-bond donors (Lipinski definition) is 1. The molecular weight excluding hydrogens is 506 g/mol. The molecule has 0 aliphatic heterocycles. The van der Waals surface area contributed by atoms with Gasteiger partial charge in [0.25, 0.3) is 5.91 Å². The highest BCUT2D eigenvalue weighted by Crippen LogP contribution is 2.39. The second-order valence-electron chi connectivity index (χ2n) is 8.60. The van der Waals surface area contributed by atoms with Crippen LogP contribution in [-0.2, 0) is 6.54 Å². The van der Waals surface area contributed by atoms with Gasteiger partial charge in [0.05, 0.1) is 18.6 Å². The number of nitrogens with zero attached hydrogens (tertiary/aromatic N) is 1. The third kappa shape index (κ3) is 6.55. The molecule has 1 fully saturated rings. The molecule has 1 heterocycles. The normalized spacial score (nSPS) is 12.3. The molecule has 0 unspecified atom stereocenters. The van der Waals surface area contributed by atoms with Crippen LogP contribution < -0.4 is 14.8 Å². The highest BCUT2D eigenvalue weighted by atomic mass is 32.1. The first-order valence-electron chi connectivity index (χ1n) is 12.6. The molecule has 0 saturated heterocycles. The molecule has 0 atom stereocenters. The lowest BCUT2D eigenvalue weighted by Crippen LogP contribution is -2.24. The van der Waals surface area contributed by atoms with Crippen molar-refractivity contribution < 1.29 is 23.0 Å². The summed E-state index contributed by atoms with van der Waals surface area (Å²) in [6, 6.07) is 18.4. The average Bonchev–Trinajstić information content (AvgIpc) is 3.68. The number of benzene rings is 3. The Balaban J connectivity index is 0.00000164. The maximum atomic E-state index is 14.1. The van der Waals surface area contributed by atoms with Gasteiger partial charge in [-0.2, -0.15) is 0 Å². The number of aromatic nitrogens is 1. The van der Waals surface area contributed by atoms with Crippen molar-refractivity contribution in [2.75, 3.05) is 13.7 Å². The molecule has 5 rings (SSSR count). The van der Waals surface area contributed by atoms with E-state index in [1.165, 1.54) is 30.2 Å². The Kier molecular flexibility index (Phi) is 9.07. The second-order valence-corrected chi connectivity index (χ2v) is 9.60.